The zero-order valence-corrected chi connectivity index (χ0v) is 11.1. The summed E-state index contributed by atoms with van der Waals surface area (Å²) < 4.78 is 10.1. The zero-order chi connectivity index (χ0) is 14.5. The van der Waals surface area contributed by atoms with Gasteiger partial charge in [-0.05, 0) is 19.9 Å². The van der Waals surface area contributed by atoms with Gasteiger partial charge in [0.2, 0.25) is 6.39 Å². The van der Waals surface area contributed by atoms with Crippen molar-refractivity contribution in [1.29, 1.82) is 0 Å². The second-order valence-electron chi connectivity index (χ2n) is 4.31. The van der Waals surface area contributed by atoms with Crippen LogP contribution >= 0.6 is 0 Å². The van der Waals surface area contributed by atoms with E-state index in [0.29, 0.717) is 18.1 Å². The molecule has 20 heavy (non-hydrogen) atoms. The third-order valence-corrected chi connectivity index (χ3v) is 2.38. The Kier molecular flexibility index (Phi) is 4.14. The summed E-state index contributed by atoms with van der Waals surface area (Å²) in [6, 6.07) is 4.58. The fourth-order valence-electron chi connectivity index (χ4n) is 1.57. The lowest BCUT2D eigenvalue weighted by Crippen LogP contribution is -2.08. The molecule has 0 fully saturated rings. The molecule has 0 aliphatic carbocycles. The molecule has 0 atom stereocenters. The normalized spacial score (nSPS) is 10.6. The molecule has 2 aromatic rings. The molecule has 0 aliphatic rings. The van der Waals surface area contributed by atoms with Crippen LogP contribution in [0.1, 0.15) is 19.7 Å². The number of nitro benzene ring substituents is 1. The highest BCUT2D eigenvalue weighted by molar-refractivity contribution is 5.58. The summed E-state index contributed by atoms with van der Waals surface area (Å²) in [5, 5.41) is 17.6. The molecule has 2 rings (SSSR count). The van der Waals surface area contributed by atoms with E-state index in [1.165, 1.54) is 12.5 Å². The first-order valence-electron chi connectivity index (χ1n) is 6.00. The van der Waals surface area contributed by atoms with Crippen molar-refractivity contribution in [2.45, 2.75) is 26.5 Å². The molecule has 0 spiro atoms. The summed E-state index contributed by atoms with van der Waals surface area (Å²) in [4.78, 5) is 14.3. The van der Waals surface area contributed by atoms with Gasteiger partial charge in [0.05, 0.1) is 17.6 Å². The second kappa shape index (κ2) is 6.00. The van der Waals surface area contributed by atoms with Crippen molar-refractivity contribution in [3.8, 4) is 5.75 Å². The van der Waals surface area contributed by atoms with Gasteiger partial charge in [-0.25, -0.2) is 0 Å². The number of nitrogens with zero attached hydrogens (tertiary/aromatic N) is 3. The van der Waals surface area contributed by atoms with E-state index in [1.807, 2.05) is 13.8 Å². The minimum Gasteiger partial charge on any atom is -0.484 e. The van der Waals surface area contributed by atoms with Gasteiger partial charge in [-0.2, -0.15) is 4.98 Å². The van der Waals surface area contributed by atoms with E-state index in [-0.39, 0.29) is 17.5 Å². The van der Waals surface area contributed by atoms with Crippen molar-refractivity contribution in [2.75, 3.05) is 5.32 Å². The predicted octanol–water partition coefficient (Wildman–Crippen LogP) is 2.38. The van der Waals surface area contributed by atoms with Gasteiger partial charge in [0.25, 0.3) is 0 Å². The van der Waals surface area contributed by atoms with Crippen molar-refractivity contribution >= 4 is 11.4 Å². The fourth-order valence-corrected chi connectivity index (χ4v) is 1.57. The molecule has 1 heterocycles. The summed E-state index contributed by atoms with van der Waals surface area (Å²) in [6.07, 6.45) is 1.08. The van der Waals surface area contributed by atoms with Gasteiger partial charge in [-0.3, -0.25) is 10.1 Å². The molecule has 106 valence electrons. The van der Waals surface area contributed by atoms with Crippen molar-refractivity contribution in [1.82, 2.24) is 10.1 Å². The van der Waals surface area contributed by atoms with Gasteiger partial charge in [0.15, 0.2) is 11.6 Å². The average Bonchev–Trinajstić information content (AvgIpc) is 2.88. The number of ether oxygens (including phenoxy) is 1. The molecule has 0 bridgehead atoms. The molecule has 0 amide bonds. The van der Waals surface area contributed by atoms with E-state index < -0.39 is 4.92 Å². The lowest BCUT2D eigenvalue weighted by molar-refractivity contribution is -0.386. The Morgan fingerprint density at radius 2 is 2.30 bits per heavy atom. The summed E-state index contributed by atoms with van der Waals surface area (Å²) in [7, 11) is 0. The highest BCUT2D eigenvalue weighted by Crippen LogP contribution is 2.31. The third-order valence-electron chi connectivity index (χ3n) is 2.38. The number of hydrogen-bond acceptors (Lipinski definition) is 7. The summed E-state index contributed by atoms with van der Waals surface area (Å²) in [5.41, 5.74) is 0.611. The molecule has 1 aromatic heterocycles. The molecule has 0 saturated heterocycles. The van der Waals surface area contributed by atoms with Crippen LogP contribution in [0.25, 0.3) is 0 Å². The van der Waals surface area contributed by atoms with Crippen LogP contribution in [-0.4, -0.2) is 21.2 Å². The minimum absolute atomic E-state index is 0.0659. The maximum atomic E-state index is 10.9. The maximum absolute atomic E-state index is 10.9. The lowest BCUT2D eigenvalue weighted by atomic mass is 10.2. The highest BCUT2D eigenvalue weighted by atomic mass is 16.6. The summed E-state index contributed by atoms with van der Waals surface area (Å²) in [5.74, 6) is 0.720. The monoisotopic (exact) mass is 278 g/mol. The summed E-state index contributed by atoms with van der Waals surface area (Å²) >= 11 is 0. The topological polar surface area (TPSA) is 103 Å². The van der Waals surface area contributed by atoms with Crippen LogP contribution in [0.5, 0.6) is 5.75 Å². The highest BCUT2D eigenvalue weighted by Gasteiger charge is 2.16. The van der Waals surface area contributed by atoms with E-state index in [2.05, 4.69) is 20.0 Å². The van der Waals surface area contributed by atoms with E-state index in [1.54, 1.807) is 12.1 Å². The first kappa shape index (κ1) is 13.8. The molecular formula is C12H14N4O4. The predicted molar refractivity (Wildman–Crippen MR) is 70.5 cm³/mol. The number of aromatic nitrogens is 2. The van der Waals surface area contributed by atoms with Crippen molar-refractivity contribution in [3.05, 3.63) is 40.5 Å². The number of hydrogen-bond donors (Lipinski definition) is 1. The molecule has 8 heteroatoms. The van der Waals surface area contributed by atoms with Crippen LogP contribution in [-0.2, 0) is 6.54 Å². The number of benzene rings is 1. The largest absolute Gasteiger partial charge is 0.484 e. The first-order chi connectivity index (χ1) is 9.56. The second-order valence-corrected chi connectivity index (χ2v) is 4.31. The smallest absolute Gasteiger partial charge is 0.311 e. The van der Waals surface area contributed by atoms with Gasteiger partial charge < -0.3 is 14.6 Å². The van der Waals surface area contributed by atoms with Crippen LogP contribution in [0.3, 0.4) is 0 Å². The van der Waals surface area contributed by atoms with Crippen LogP contribution in [0.2, 0.25) is 0 Å². The van der Waals surface area contributed by atoms with Crippen LogP contribution < -0.4 is 10.1 Å². The molecule has 1 aromatic carbocycles. The average molecular weight is 278 g/mol. The maximum Gasteiger partial charge on any atom is 0.311 e. The van der Waals surface area contributed by atoms with E-state index in [9.17, 15) is 10.1 Å². The Morgan fingerprint density at radius 3 is 2.90 bits per heavy atom. The Bertz CT molecular complexity index is 583. The molecule has 0 saturated carbocycles. The van der Waals surface area contributed by atoms with Gasteiger partial charge in [0, 0.05) is 17.8 Å². The van der Waals surface area contributed by atoms with Crippen molar-refractivity contribution < 1.29 is 14.2 Å². The molecular weight excluding hydrogens is 264 g/mol. The van der Waals surface area contributed by atoms with Gasteiger partial charge in [-0.1, -0.05) is 5.16 Å². The van der Waals surface area contributed by atoms with E-state index in [0.717, 1.165) is 0 Å². The van der Waals surface area contributed by atoms with Gasteiger partial charge >= 0.3 is 5.69 Å². The zero-order valence-electron chi connectivity index (χ0n) is 11.1. The first-order valence-corrected chi connectivity index (χ1v) is 6.00. The standard InChI is InChI=1S/C12H14N4O4/c1-8(2)20-11-5-9(3-4-10(11)16(17)18)13-6-12-14-7-19-15-12/h3-5,7-8,13H,6H2,1-2H3. The Balaban J connectivity index is 2.15. The fraction of sp³-hybridized carbons (Fsp3) is 0.333. The number of anilines is 1. The lowest BCUT2D eigenvalue weighted by Gasteiger charge is -2.11. The van der Waals surface area contributed by atoms with Crippen LogP contribution in [0.4, 0.5) is 11.4 Å². The van der Waals surface area contributed by atoms with E-state index >= 15 is 0 Å². The van der Waals surface area contributed by atoms with Gasteiger partial charge in [0.1, 0.15) is 0 Å². The number of nitrogens with one attached hydrogen (secondary N) is 1. The van der Waals surface area contributed by atoms with E-state index in [4.69, 9.17) is 4.74 Å². The number of rotatable bonds is 6. The molecule has 0 unspecified atom stereocenters. The van der Waals surface area contributed by atoms with Crippen LogP contribution in [0, 0.1) is 10.1 Å². The van der Waals surface area contributed by atoms with Gasteiger partial charge in [-0.15, -0.1) is 0 Å². The molecule has 0 radical (unpaired) electrons. The van der Waals surface area contributed by atoms with Crippen molar-refractivity contribution in [2.24, 2.45) is 0 Å². The summed E-state index contributed by atoms with van der Waals surface area (Å²) in [6.45, 7) is 3.97. The SMILES string of the molecule is CC(C)Oc1cc(NCc2ncon2)ccc1[N+](=O)[O-]. The molecule has 0 aliphatic heterocycles. The minimum atomic E-state index is -0.472. The Hall–Kier alpha value is -2.64. The van der Waals surface area contributed by atoms with Crippen LogP contribution in [0.15, 0.2) is 29.1 Å². The quantitative estimate of drug-likeness (QED) is 0.639. The Morgan fingerprint density at radius 1 is 1.50 bits per heavy atom. The third kappa shape index (κ3) is 3.44. The Labute approximate surface area is 114 Å². The number of nitro groups is 1. The van der Waals surface area contributed by atoms with Crippen molar-refractivity contribution in [3.63, 3.8) is 0 Å². The molecule has 8 nitrogen and oxygen atoms in total. The molecule has 1 N–H and O–H groups in total.